The van der Waals surface area contributed by atoms with Crippen molar-refractivity contribution in [1.29, 1.82) is 0 Å². The van der Waals surface area contributed by atoms with E-state index in [4.69, 9.17) is 4.74 Å². The van der Waals surface area contributed by atoms with Crippen molar-refractivity contribution in [2.24, 2.45) is 0 Å². The molecule has 0 bridgehead atoms. The number of piperazine rings is 1. The van der Waals surface area contributed by atoms with Crippen LogP contribution < -0.4 is 4.74 Å². The van der Waals surface area contributed by atoms with Crippen molar-refractivity contribution in [2.75, 3.05) is 39.3 Å². The third-order valence-electron chi connectivity index (χ3n) is 4.75. The number of hydrogen-bond donors (Lipinski definition) is 1. The van der Waals surface area contributed by atoms with Crippen molar-refractivity contribution in [3.8, 4) is 5.75 Å². The highest BCUT2D eigenvalue weighted by atomic mass is 32.2. The molecule has 1 fully saturated rings. The van der Waals surface area contributed by atoms with Crippen LogP contribution >= 0.6 is 0 Å². The number of nitrogens with one attached hydrogen (secondary N) is 1. The van der Waals surface area contributed by atoms with Gasteiger partial charge in [0.15, 0.2) is 0 Å². The Morgan fingerprint density at radius 1 is 1.12 bits per heavy atom. The van der Waals surface area contributed by atoms with Gasteiger partial charge >= 0.3 is 0 Å². The molecule has 2 heterocycles. The Balaban J connectivity index is 1.52. The molecule has 0 radical (unpaired) electrons. The zero-order chi connectivity index (χ0) is 18.7. The van der Waals surface area contributed by atoms with Crippen LogP contribution in [0.15, 0.2) is 29.2 Å². The number of aryl methyl sites for hydroxylation is 3. The molecule has 26 heavy (non-hydrogen) atoms. The zero-order valence-electron chi connectivity index (χ0n) is 15.5. The van der Waals surface area contributed by atoms with Crippen LogP contribution in [0.25, 0.3) is 0 Å². The average Bonchev–Trinajstić information content (AvgIpc) is 2.96. The number of benzene rings is 1. The molecule has 142 valence electrons. The molecule has 0 amide bonds. The minimum absolute atomic E-state index is 0.314. The number of para-hydroxylation sites is 1. The molecule has 0 saturated carbocycles. The largest absolute Gasteiger partial charge is 0.492 e. The molecule has 1 N–H and O–H groups in total. The van der Waals surface area contributed by atoms with Crippen LogP contribution in [0, 0.1) is 20.8 Å². The van der Waals surface area contributed by atoms with E-state index in [9.17, 15) is 8.42 Å². The molecule has 8 heteroatoms. The summed E-state index contributed by atoms with van der Waals surface area (Å²) in [5.41, 5.74) is 2.24. The van der Waals surface area contributed by atoms with E-state index in [0.717, 1.165) is 17.9 Å². The first-order valence-corrected chi connectivity index (χ1v) is 10.3. The maximum absolute atomic E-state index is 12.9. The molecule has 0 unspecified atom stereocenters. The molecule has 1 aliphatic heterocycles. The number of H-pyrrole nitrogens is 1. The van der Waals surface area contributed by atoms with Gasteiger partial charge in [-0.05, 0) is 32.4 Å². The van der Waals surface area contributed by atoms with E-state index in [1.54, 1.807) is 18.2 Å². The van der Waals surface area contributed by atoms with Gasteiger partial charge in [-0.1, -0.05) is 18.2 Å². The SMILES string of the molecule is Cc1ccccc1OCCN1CCN(S(=O)(=O)c2c(C)n[nH]c2C)CC1. The fourth-order valence-electron chi connectivity index (χ4n) is 3.25. The van der Waals surface area contributed by atoms with Gasteiger partial charge in [-0.25, -0.2) is 8.42 Å². The zero-order valence-corrected chi connectivity index (χ0v) is 16.3. The maximum Gasteiger partial charge on any atom is 0.246 e. The molecule has 1 saturated heterocycles. The van der Waals surface area contributed by atoms with Crippen molar-refractivity contribution in [2.45, 2.75) is 25.7 Å². The second-order valence-corrected chi connectivity index (χ2v) is 8.50. The average molecular weight is 378 g/mol. The molecule has 2 aromatic rings. The smallest absolute Gasteiger partial charge is 0.246 e. The normalized spacial score (nSPS) is 16.7. The lowest BCUT2D eigenvalue weighted by atomic mass is 10.2. The van der Waals surface area contributed by atoms with Gasteiger partial charge in [-0.2, -0.15) is 9.40 Å². The first kappa shape index (κ1) is 18.9. The highest BCUT2D eigenvalue weighted by Gasteiger charge is 2.32. The Morgan fingerprint density at radius 2 is 1.81 bits per heavy atom. The van der Waals surface area contributed by atoms with Crippen molar-refractivity contribution in [1.82, 2.24) is 19.4 Å². The van der Waals surface area contributed by atoms with E-state index in [1.165, 1.54) is 0 Å². The van der Waals surface area contributed by atoms with Gasteiger partial charge in [0.1, 0.15) is 17.3 Å². The first-order chi connectivity index (χ1) is 12.4. The van der Waals surface area contributed by atoms with E-state index in [2.05, 4.69) is 15.1 Å². The van der Waals surface area contributed by atoms with Gasteiger partial charge in [0.05, 0.1) is 11.4 Å². The second kappa shape index (κ2) is 7.77. The molecule has 7 nitrogen and oxygen atoms in total. The molecular formula is C18H26N4O3S. The predicted octanol–water partition coefficient (Wildman–Crippen LogP) is 1.72. The quantitative estimate of drug-likeness (QED) is 0.828. The topological polar surface area (TPSA) is 78.5 Å². The summed E-state index contributed by atoms with van der Waals surface area (Å²) in [6.45, 7) is 9.23. The molecule has 1 aliphatic rings. The number of ether oxygens (including phenoxy) is 1. The van der Waals surface area contributed by atoms with Crippen LogP contribution in [0.5, 0.6) is 5.75 Å². The summed E-state index contributed by atoms with van der Waals surface area (Å²) < 4.78 is 33.1. The highest BCUT2D eigenvalue weighted by molar-refractivity contribution is 7.89. The molecular weight excluding hydrogens is 352 g/mol. The van der Waals surface area contributed by atoms with Gasteiger partial charge in [-0.3, -0.25) is 10.00 Å². The van der Waals surface area contributed by atoms with E-state index in [-0.39, 0.29) is 0 Å². The number of hydrogen-bond acceptors (Lipinski definition) is 5. The Bertz CT molecular complexity index is 836. The van der Waals surface area contributed by atoms with Crippen LogP contribution in [0.4, 0.5) is 0 Å². The number of rotatable bonds is 6. The van der Waals surface area contributed by atoms with Crippen molar-refractivity contribution >= 4 is 10.0 Å². The fraction of sp³-hybridized carbons (Fsp3) is 0.500. The van der Waals surface area contributed by atoms with Crippen LogP contribution in [0.3, 0.4) is 0 Å². The second-order valence-electron chi connectivity index (χ2n) is 6.62. The van der Waals surface area contributed by atoms with Crippen LogP contribution in [-0.2, 0) is 10.0 Å². The summed E-state index contributed by atoms with van der Waals surface area (Å²) in [7, 11) is -3.49. The standard InChI is InChI=1S/C18H26N4O3S/c1-14-6-4-5-7-17(14)25-13-12-21-8-10-22(11-9-21)26(23,24)18-15(2)19-20-16(18)3/h4-7H,8-13H2,1-3H3,(H,19,20). The predicted molar refractivity (Wildman–Crippen MR) is 99.9 cm³/mol. The van der Waals surface area contributed by atoms with Gasteiger partial charge in [0.25, 0.3) is 0 Å². The van der Waals surface area contributed by atoms with E-state index < -0.39 is 10.0 Å². The number of sulfonamides is 1. The highest BCUT2D eigenvalue weighted by Crippen LogP contribution is 2.22. The third kappa shape index (κ3) is 3.92. The lowest BCUT2D eigenvalue weighted by Gasteiger charge is -2.33. The maximum atomic E-state index is 12.9. The van der Waals surface area contributed by atoms with E-state index >= 15 is 0 Å². The Morgan fingerprint density at radius 3 is 2.42 bits per heavy atom. The summed E-state index contributed by atoms with van der Waals surface area (Å²) in [4.78, 5) is 2.55. The third-order valence-corrected chi connectivity index (χ3v) is 6.91. The minimum Gasteiger partial charge on any atom is -0.492 e. The summed E-state index contributed by atoms with van der Waals surface area (Å²) in [6, 6.07) is 7.95. The Kier molecular flexibility index (Phi) is 5.64. The molecule has 0 aliphatic carbocycles. The lowest BCUT2D eigenvalue weighted by Crippen LogP contribution is -2.49. The van der Waals surface area contributed by atoms with E-state index in [0.29, 0.717) is 49.1 Å². The molecule has 3 rings (SSSR count). The Hall–Kier alpha value is -1.90. The first-order valence-electron chi connectivity index (χ1n) is 8.82. The summed E-state index contributed by atoms with van der Waals surface area (Å²) in [5, 5.41) is 6.77. The minimum atomic E-state index is -3.49. The van der Waals surface area contributed by atoms with Gasteiger partial charge in [0, 0.05) is 32.7 Å². The molecule has 1 aromatic heterocycles. The van der Waals surface area contributed by atoms with Gasteiger partial charge in [0.2, 0.25) is 10.0 Å². The van der Waals surface area contributed by atoms with Crippen LogP contribution in [0.2, 0.25) is 0 Å². The number of nitrogens with zero attached hydrogens (tertiary/aromatic N) is 3. The summed E-state index contributed by atoms with van der Waals surface area (Å²) >= 11 is 0. The van der Waals surface area contributed by atoms with Crippen LogP contribution in [0.1, 0.15) is 17.0 Å². The monoisotopic (exact) mass is 378 g/mol. The van der Waals surface area contributed by atoms with Crippen molar-refractivity contribution < 1.29 is 13.2 Å². The van der Waals surface area contributed by atoms with Gasteiger partial charge < -0.3 is 4.74 Å². The number of aromatic amines is 1. The molecule has 0 spiro atoms. The number of aromatic nitrogens is 2. The summed E-state index contributed by atoms with van der Waals surface area (Å²) in [5.74, 6) is 0.902. The molecule has 1 aromatic carbocycles. The Labute approximate surface area is 155 Å². The van der Waals surface area contributed by atoms with E-state index in [1.807, 2.05) is 31.2 Å². The molecule has 0 atom stereocenters. The summed E-state index contributed by atoms with van der Waals surface area (Å²) in [6.07, 6.45) is 0. The fourth-order valence-corrected chi connectivity index (χ4v) is 5.00. The van der Waals surface area contributed by atoms with Crippen molar-refractivity contribution in [3.05, 3.63) is 41.2 Å². The lowest BCUT2D eigenvalue weighted by molar-refractivity contribution is 0.158. The van der Waals surface area contributed by atoms with Crippen molar-refractivity contribution in [3.63, 3.8) is 0 Å². The van der Waals surface area contributed by atoms with Gasteiger partial charge in [-0.15, -0.1) is 0 Å². The van der Waals surface area contributed by atoms with Crippen LogP contribution in [-0.4, -0.2) is 67.2 Å².